The highest BCUT2D eigenvalue weighted by atomic mass is 127. The van der Waals surface area contributed by atoms with E-state index in [9.17, 15) is 16.8 Å². The van der Waals surface area contributed by atoms with Gasteiger partial charge in [-0.15, -0.1) is 0 Å². The average Bonchev–Trinajstić information content (AvgIpc) is 2.68. The SMILES string of the molecule is Cc1ccc(S(=O)(=O)C(=Ic2ccccc2)S(=O)(=O)c2ccccc2)cc1. The van der Waals surface area contributed by atoms with E-state index in [0.29, 0.717) is 0 Å². The molecule has 0 aromatic heterocycles. The van der Waals surface area contributed by atoms with Gasteiger partial charge in [0.05, 0.1) is 9.79 Å². The largest absolute Gasteiger partial charge is 0.223 e. The lowest BCUT2D eigenvalue weighted by atomic mass is 10.2. The van der Waals surface area contributed by atoms with E-state index in [4.69, 9.17) is 0 Å². The molecule has 27 heavy (non-hydrogen) atoms. The summed E-state index contributed by atoms with van der Waals surface area (Å²) in [4.78, 5) is -0.00967. The van der Waals surface area contributed by atoms with Crippen molar-refractivity contribution in [3.8, 4) is 0 Å². The van der Waals surface area contributed by atoms with Crippen LogP contribution in [-0.2, 0) is 19.7 Å². The number of rotatable bonds is 5. The summed E-state index contributed by atoms with van der Waals surface area (Å²) in [7, 11) is -8.28. The van der Waals surface area contributed by atoms with E-state index in [1.807, 2.05) is 13.0 Å². The molecule has 0 spiro atoms. The van der Waals surface area contributed by atoms with Crippen molar-refractivity contribution in [2.75, 3.05) is 0 Å². The fourth-order valence-corrected chi connectivity index (χ4v) is 11.4. The predicted molar refractivity (Wildman–Crippen MR) is 116 cm³/mol. The van der Waals surface area contributed by atoms with Crippen molar-refractivity contribution in [2.45, 2.75) is 16.7 Å². The average molecular weight is 512 g/mol. The van der Waals surface area contributed by atoms with Crippen LogP contribution >= 0.6 is 20.7 Å². The standard InChI is InChI=1S/C20H17IO4S2/c1-16-12-14-19(15-13-16)27(24,25)20(21-17-8-4-2-5-9-17)26(22,23)18-10-6-3-7-11-18/h2-15H,1H3. The number of aryl methyl sites for hydroxylation is 1. The van der Waals surface area contributed by atoms with Crippen molar-refractivity contribution in [1.29, 1.82) is 0 Å². The molecule has 0 aliphatic carbocycles. The van der Waals surface area contributed by atoms with E-state index in [2.05, 4.69) is 0 Å². The van der Waals surface area contributed by atoms with Crippen molar-refractivity contribution in [1.82, 2.24) is 0 Å². The smallest absolute Gasteiger partial charge is 0.217 e. The second-order valence-corrected chi connectivity index (χ2v) is 14.1. The van der Waals surface area contributed by atoms with E-state index in [1.54, 1.807) is 54.6 Å². The third-order valence-electron chi connectivity index (χ3n) is 3.73. The van der Waals surface area contributed by atoms with Crippen LogP contribution in [-0.4, -0.2) is 19.0 Å². The molecule has 0 radical (unpaired) electrons. The third kappa shape index (κ3) is 4.36. The van der Waals surface area contributed by atoms with Gasteiger partial charge in [-0.05, 0) is 43.3 Å². The number of hydrogen-bond acceptors (Lipinski definition) is 4. The summed E-state index contributed by atoms with van der Waals surface area (Å²) in [5.74, 6) is 0. The zero-order valence-corrected chi connectivity index (χ0v) is 18.2. The van der Waals surface area contributed by atoms with Gasteiger partial charge >= 0.3 is 0 Å². The molecule has 0 saturated heterocycles. The highest BCUT2D eigenvalue weighted by molar-refractivity contribution is 14.2. The van der Waals surface area contributed by atoms with E-state index in [1.165, 1.54) is 24.3 Å². The lowest BCUT2D eigenvalue weighted by molar-refractivity contribution is 0.603. The van der Waals surface area contributed by atoms with Gasteiger partial charge in [-0.2, -0.15) is 0 Å². The summed E-state index contributed by atoms with van der Waals surface area (Å²) in [6.07, 6.45) is 0. The van der Waals surface area contributed by atoms with Crippen LogP contribution in [0.2, 0.25) is 0 Å². The second kappa shape index (κ2) is 8.04. The Labute approximate surface area is 169 Å². The van der Waals surface area contributed by atoms with Crippen molar-refractivity contribution < 1.29 is 16.8 Å². The molecule has 0 heterocycles. The van der Waals surface area contributed by atoms with Gasteiger partial charge in [0, 0.05) is 3.57 Å². The molecule has 0 aliphatic rings. The topological polar surface area (TPSA) is 68.3 Å². The fraction of sp³-hybridized carbons (Fsp3) is 0.0500. The summed E-state index contributed by atoms with van der Waals surface area (Å²) >= 11 is -1.44. The predicted octanol–water partition coefficient (Wildman–Crippen LogP) is 4.17. The molecule has 0 atom stereocenters. The maximum absolute atomic E-state index is 13.3. The summed E-state index contributed by atoms with van der Waals surface area (Å²) in [6, 6.07) is 22.9. The normalized spacial score (nSPS) is 13.0. The van der Waals surface area contributed by atoms with Crippen LogP contribution < -0.4 is 0 Å². The van der Waals surface area contributed by atoms with E-state index in [0.717, 1.165) is 9.13 Å². The molecule has 7 heteroatoms. The minimum Gasteiger partial charge on any atom is -0.217 e. The minimum absolute atomic E-state index is 0.00163. The maximum atomic E-state index is 13.3. The number of sulfone groups is 2. The van der Waals surface area contributed by atoms with Gasteiger partial charge in [0.25, 0.3) is 0 Å². The molecule has 0 amide bonds. The highest BCUT2D eigenvalue weighted by Crippen LogP contribution is 2.28. The van der Waals surface area contributed by atoms with E-state index >= 15 is 0 Å². The van der Waals surface area contributed by atoms with Gasteiger partial charge in [0.1, 0.15) is 0 Å². The van der Waals surface area contributed by atoms with Gasteiger partial charge in [0.15, 0.2) is 0 Å². The van der Waals surface area contributed by atoms with Gasteiger partial charge in [-0.3, -0.25) is 0 Å². The molecule has 0 saturated carbocycles. The maximum Gasteiger partial charge on any atom is 0.223 e. The molecule has 0 N–H and O–H groups in total. The zero-order chi connectivity index (χ0) is 19.5. The molecule has 3 aromatic rings. The first kappa shape index (κ1) is 19.9. The van der Waals surface area contributed by atoms with Crippen LogP contribution in [0.3, 0.4) is 0 Å². The van der Waals surface area contributed by atoms with Crippen LogP contribution in [0.4, 0.5) is 0 Å². The lowest BCUT2D eigenvalue weighted by Gasteiger charge is -2.11. The number of benzene rings is 3. The third-order valence-corrected chi connectivity index (χ3v) is 14.0. The van der Waals surface area contributed by atoms with Gasteiger partial charge < -0.3 is 0 Å². The van der Waals surface area contributed by atoms with Gasteiger partial charge in [0.2, 0.25) is 21.8 Å². The van der Waals surface area contributed by atoms with E-state index < -0.39 is 42.6 Å². The van der Waals surface area contributed by atoms with Gasteiger partial charge in [-0.1, -0.05) is 74.8 Å². The van der Waals surface area contributed by atoms with E-state index in [-0.39, 0.29) is 9.79 Å². The molecule has 140 valence electrons. The minimum atomic E-state index is -4.14. The fourth-order valence-electron chi connectivity index (χ4n) is 2.32. The first-order chi connectivity index (χ1) is 12.8. The number of halogens is 1. The van der Waals surface area contributed by atoms with Crippen LogP contribution in [0.25, 0.3) is 0 Å². The molecular formula is C20H17IO4S2. The first-order valence-corrected chi connectivity index (χ1v) is 13.1. The molecule has 3 aromatic carbocycles. The van der Waals surface area contributed by atoms with Crippen LogP contribution in [0.1, 0.15) is 5.56 Å². The molecule has 3 rings (SSSR count). The Morgan fingerprint density at radius 3 is 1.59 bits per heavy atom. The molecule has 0 aliphatic heterocycles. The summed E-state index contributed by atoms with van der Waals surface area (Å²) in [5, 5.41) is 0. The van der Waals surface area contributed by atoms with Gasteiger partial charge in [-0.25, -0.2) is 16.8 Å². The van der Waals surface area contributed by atoms with Crippen molar-refractivity contribution in [2.24, 2.45) is 0 Å². The quantitative estimate of drug-likeness (QED) is 0.482. The Kier molecular flexibility index (Phi) is 5.92. The lowest BCUT2D eigenvalue weighted by Crippen LogP contribution is -2.23. The summed E-state index contributed by atoms with van der Waals surface area (Å²) < 4.78 is 53.3. The highest BCUT2D eigenvalue weighted by Gasteiger charge is 2.34. The van der Waals surface area contributed by atoms with Crippen molar-refractivity contribution >= 4 is 42.6 Å². The molecule has 0 unspecified atom stereocenters. The Morgan fingerprint density at radius 1 is 0.630 bits per heavy atom. The summed E-state index contributed by atoms with van der Waals surface area (Å²) in [5.41, 5.74) is 0.902. The Bertz CT molecular complexity index is 1170. The molecule has 4 nitrogen and oxygen atoms in total. The van der Waals surface area contributed by atoms with Crippen molar-refractivity contribution in [3.05, 3.63) is 94.1 Å². The molecule has 0 fully saturated rings. The monoisotopic (exact) mass is 512 g/mol. The first-order valence-electron chi connectivity index (χ1n) is 8.00. The molecule has 0 bridgehead atoms. The zero-order valence-electron chi connectivity index (χ0n) is 14.4. The van der Waals surface area contributed by atoms with Crippen LogP contribution in [0.5, 0.6) is 0 Å². The second-order valence-electron chi connectivity index (χ2n) is 5.76. The Morgan fingerprint density at radius 2 is 1.07 bits per heavy atom. The molecular weight excluding hydrogens is 495 g/mol. The summed E-state index contributed by atoms with van der Waals surface area (Å²) in [6.45, 7) is 1.85. The van der Waals surface area contributed by atoms with Crippen LogP contribution in [0.15, 0.2) is 94.7 Å². The van der Waals surface area contributed by atoms with Crippen LogP contribution in [0, 0.1) is 10.5 Å². The number of hydrogen-bond donors (Lipinski definition) is 0. The Balaban J connectivity index is 2.26. The Hall–Kier alpha value is -1.84. The van der Waals surface area contributed by atoms with Crippen molar-refractivity contribution in [3.63, 3.8) is 0 Å².